The fourth-order valence-electron chi connectivity index (χ4n) is 2.99. The standard InChI is InChI=1S/C19H29N7S/c1-4-17-23-19(27-24-17)26-12-10-25(11-13-26)18(20-5-2)21-9-8-16-7-6-15(3)22-14-16/h6-7,14H,4-5,8-13H2,1-3H3,(H,20,21). The maximum Gasteiger partial charge on any atom is 0.205 e. The van der Waals surface area contributed by atoms with Crippen molar-refractivity contribution in [2.45, 2.75) is 33.6 Å². The number of hydrogen-bond donors (Lipinski definition) is 1. The second-order valence-electron chi connectivity index (χ2n) is 6.61. The third-order valence-electron chi connectivity index (χ3n) is 4.59. The number of piperazine rings is 1. The van der Waals surface area contributed by atoms with E-state index >= 15 is 0 Å². The van der Waals surface area contributed by atoms with Crippen molar-refractivity contribution in [3.05, 3.63) is 35.4 Å². The molecule has 0 aromatic carbocycles. The van der Waals surface area contributed by atoms with Crippen LogP contribution in [0.1, 0.15) is 30.9 Å². The summed E-state index contributed by atoms with van der Waals surface area (Å²) in [7, 11) is 0. The Morgan fingerprint density at radius 3 is 2.67 bits per heavy atom. The molecule has 1 saturated heterocycles. The van der Waals surface area contributed by atoms with Gasteiger partial charge in [0.2, 0.25) is 5.13 Å². The number of hydrogen-bond acceptors (Lipinski definition) is 6. The number of rotatable bonds is 6. The van der Waals surface area contributed by atoms with Crippen LogP contribution in [-0.4, -0.2) is 64.5 Å². The van der Waals surface area contributed by atoms with Gasteiger partial charge in [-0.3, -0.25) is 9.98 Å². The summed E-state index contributed by atoms with van der Waals surface area (Å²) in [6.07, 6.45) is 3.75. The van der Waals surface area contributed by atoms with Crippen molar-refractivity contribution in [1.29, 1.82) is 0 Å². The number of aryl methyl sites for hydroxylation is 2. The van der Waals surface area contributed by atoms with E-state index in [2.05, 4.69) is 55.4 Å². The van der Waals surface area contributed by atoms with Gasteiger partial charge in [0.05, 0.1) is 0 Å². The minimum atomic E-state index is 0.767. The first-order chi connectivity index (χ1) is 13.2. The maximum absolute atomic E-state index is 4.83. The first-order valence-corrected chi connectivity index (χ1v) is 10.5. The zero-order valence-corrected chi connectivity index (χ0v) is 17.3. The monoisotopic (exact) mass is 387 g/mol. The number of aliphatic imine (C=N–C) groups is 1. The van der Waals surface area contributed by atoms with Gasteiger partial charge in [-0.05, 0) is 31.9 Å². The third kappa shape index (κ3) is 5.38. The van der Waals surface area contributed by atoms with Crippen molar-refractivity contribution < 1.29 is 0 Å². The molecule has 0 unspecified atom stereocenters. The van der Waals surface area contributed by atoms with Crippen LogP contribution in [0.3, 0.4) is 0 Å². The molecule has 0 bridgehead atoms. The van der Waals surface area contributed by atoms with Crippen LogP contribution in [0.2, 0.25) is 0 Å². The third-order valence-corrected chi connectivity index (χ3v) is 5.41. The van der Waals surface area contributed by atoms with Gasteiger partial charge in [0.1, 0.15) is 5.82 Å². The lowest BCUT2D eigenvalue weighted by Gasteiger charge is -2.36. The molecule has 3 heterocycles. The molecule has 0 spiro atoms. The van der Waals surface area contributed by atoms with Crippen LogP contribution < -0.4 is 10.2 Å². The van der Waals surface area contributed by atoms with Crippen molar-refractivity contribution in [2.75, 3.05) is 44.2 Å². The predicted octanol–water partition coefficient (Wildman–Crippen LogP) is 2.13. The van der Waals surface area contributed by atoms with Crippen LogP contribution in [0, 0.1) is 6.92 Å². The van der Waals surface area contributed by atoms with Gasteiger partial charge in [-0.15, -0.1) is 0 Å². The van der Waals surface area contributed by atoms with Crippen molar-refractivity contribution in [3.8, 4) is 0 Å². The number of aromatic nitrogens is 3. The molecule has 3 rings (SSSR count). The molecule has 0 amide bonds. The lowest BCUT2D eigenvalue weighted by Crippen LogP contribution is -2.52. The Bertz CT molecular complexity index is 733. The zero-order chi connectivity index (χ0) is 19.1. The lowest BCUT2D eigenvalue weighted by atomic mass is 10.2. The highest BCUT2D eigenvalue weighted by atomic mass is 32.1. The number of guanidine groups is 1. The van der Waals surface area contributed by atoms with Crippen LogP contribution in [0.15, 0.2) is 23.3 Å². The Kier molecular flexibility index (Phi) is 6.98. The Morgan fingerprint density at radius 1 is 1.22 bits per heavy atom. The van der Waals surface area contributed by atoms with Crippen LogP contribution in [-0.2, 0) is 12.8 Å². The highest BCUT2D eigenvalue weighted by molar-refractivity contribution is 7.09. The summed E-state index contributed by atoms with van der Waals surface area (Å²) in [5, 5.41) is 4.47. The van der Waals surface area contributed by atoms with E-state index in [-0.39, 0.29) is 0 Å². The van der Waals surface area contributed by atoms with Crippen LogP contribution >= 0.6 is 11.5 Å². The molecular formula is C19H29N7S. The summed E-state index contributed by atoms with van der Waals surface area (Å²) in [6.45, 7) is 11.6. The van der Waals surface area contributed by atoms with Crippen molar-refractivity contribution in [1.82, 2.24) is 24.6 Å². The zero-order valence-electron chi connectivity index (χ0n) is 16.5. The summed E-state index contributed by atoms with van der Waals surface area (Å²) in [5.74, 6) is 1.95. The molecule has 1 aliphatic rings. The van der Waals surface area contributed by atoms with Gasteiger partial charge in [0, 0.05) is 69.1 Å². The lowest BCUT2D eigenvalue weighted by molar-refractivity contribution is 0.372. The second kappa shape index (κ2) is 9.64. The first-order valence-electron chi connectivity index (χ1n) is 9.72. The normalized spacial score (nSPS) is 15.3. The predicted molar refractivity (Wildman–Crippen MR) is 112 cm³/mol. The molecule has 1 aliphatic heterocycles. The summed E-state index contributed by atoms with van der Waals surface area (Å²) in [4.78, 5) is 18.5. The van der Waals surface area contributed by atoms with Gasteiger partial charge >= 0.3 is 0 Å². The highest BCUT2D eigenvalue weighted by Gasteiger charge is 2.21. The van der Waals surface area contributed by atoms with E-state index in [1.807, 2.05) is 13.1 Å². The van der Waals surface area contributed by atoms with Crippen LogP contribution in [0.4, 0.5) is 5.13 Å². The van der Waals surface area contributed by atoms with Crippen LogP contribution in [0.25, 0.3) is 0 Å². The molecule has 7 nitrogen and oxygen atoms in total. The van der Waals surface area contributed by atoms with E-state index in [0.29, 0.717) is 0 Å². The molecule has 0 aliphatic carbocycles. The molecule has 0 saturated carbocycles. The minimum Gasteiger partial charge on any atom is -0.357 e. The van der Waals surface area contributed by atoms with Gasteiger partial charge in [-0.2, -0.15) is 4.37 Å². The second-order valence-corrected chi connectivity index (χ2v) is 7.34. The minimum absolute atomic E-state index is 0.767. The van der Waals surface area contributed by atoms with Crippen molar-refractivity contribution in [3.63, 3.8) is 0 Å². The van der Waals surface area contributed by atoms with Crippen LogP contribution in [0.5, 0.6) is 0 Å². The molecule has 0 radical (unpaired) electrons. The molecule has 8 heteroatoms. The molecular weight excluding hydrogens is 358 g/mol. The summed E-state index contributed by atoms with van der Waals surface area (Å²) in [6, 6.07) is 4.19. The smallest absolute Gasteiger partial charge is 0.205 e. The molecule has 2 aromatic heterocycles. The van der Waals surface area contributed by atoms with E-state index in [1.54, 1.807) is 0 Å². The topological polar surface area (TPSA) is 69.5 Å². The van der Waals surface area contributed by atoms with E-state index in [4.69, 9.17) is 4.99 Å². The molecule has 146 valence electrons. The van der Waals surface area contributed by atoms with E-state index in [0.717, 1.165) is 74.7 Å². The Hall–Kier alpha value is -2.22. The molecule has 2 aromatic rings. The fourth-order valence-corrected chi connectivity index (χ4v) is 3.79. The van der Waals surface area contributed by atoms with Gasteiger partial charge in [-0.1, -0.05) is 13.0 Å². The molecule has 1 fully saturated rings. The van der Waals surface area contributed by atoms with Crippen molar-refractivity contribution >= 4 is 22.6 Å². The average molecular weight is 388 g/mol. The highest BCUT2D eigenvalue weighted by Crippen LogP contribution is 2.19. The fraction of sp³-hybridized carbons (Fsp3) is 0.579. The Morgan fingerprint density at radius 2 is 2.04 bits per heavy atom. The summed E-state index contributed by atoms with van der Waals surface area (Å²) >= 11 is 1.51. The molecule has 27 heavy (non-hydrogen) atoms. The Balaban J connectivity index is 1.54. The van der Waals surface area contributed by atoms with Crippen molar-refractivity contribution in [2.24, 2.45) is 4.99 Å². The first kappa shape index (κ1) is 19.5. The van der Waals surface area contributed by atoms with Gasteiger partial charge in [0.25, 0.3) is 0 Å². The quantitative estimate of drug-likeness (QED) is 0.605. The van der Waals surface area contributed by atoms with Gasteiger partial charge in [0.15, 0.2) is 5.96 Å². The molecule has 1 N–H and O–H groups in total. The largest absolute Gasteiger partial charge is 0.357 e. The maximum atomic E-state index is 4.83. The van der Waals surface area contributed by atoms with E-state index in [1.165, 1.54) is 17.1 Å². The van der Waals surface area contributed by atoms with E-state index < -0.39 is 0 Å². The number of nitrogens with one attached hydrogen (secondary N) is 1. The number of anilines is 1. The number of nitrogens with zero attached hydrogens (tertiary/aromatic N) is 6. The number of pyridine rings is 1. The van der Waals surface area contributed by atoms with Gasteiger partial charge in [-0.25, -0.2) is 4.98 Å². The molecule has 0 atom stereocenters. The average Bonchev–Trinajstić information content (AvgIpc) is 3.18. The SMILES string of the molecule is CCNC(=NCCc1ccc(C)nc1)N1CCN(c2nc(CC)ns2)CC1. The Labute approximate surface area is 165 Å². The summed E-state index contributed by atoms with van der Waals surface area (Å²) in [5.41, 5.74) is 2.28. The summed E-state index contributed by atoms with van der Waals surface area (Å²) < 4.78 is 4.40. The van der Waals surface area contributed by atoms with E-state index in [9.17, 15) is 0 Å². The van der Waals surface area contributed by atoms with Gasteiger partial charge < -0.3 is 15.1 Å².